The highest BCUT2D eigenvalue weighted by Gasteiger charge is 2.29. The van der Waals surface area contributed by atoms with E-state index in [9.17, 15) is 14.4 Å². The number of rotatable bonds is 1. The Morgan fingerprint density at radius 2 is 2.21 bits per heavy atom. The lowest BCUT2D eigenvalue weighted by Gasteiger charge is -2.19. The molecule has 1 aliphatic heterocycles. The summed E-state index contributed by atoms with van der Waals surface area (Å²) in [6, 6.07) is -1.84. The standard InChI is InChI=1S/C5H7N5O4/c6-4(13)10-9-1-2(11)7-5(14)8-3(1)12/h2,11H,(H3,6,10,13)(H2,7,8,12,14)/b9-1-. The second-order valence-electron chi connectivity index (χ2n) is 2.30. The average Bonchev–Trinajstić information content (AvgIpc) is 2.01. The number of nitrogens with two attached hydrogens (primary N) is 1. The van der Waals surface area contributed by atoms with Gasteiger partial charge in [0, 0.05) is 0 Å². The molecule has 1 fully saturated rings. The van der Waals surface area contributed by atoms with E-state index in [1.165, 1.54) is 0 Å². The Bertz CT molecular complexity index is 324. The monoisotopic (exact) mass is 201 g/mol. The van der Waals surface area contributed by atoms with E-state index in [1.807, 2.05) is 10.6 Å². The first-order valence-corrected chi connectivity index (χ1v) is 3.43. The SMILES string of the molecule is NC(=O)N/N=C1\C(=O)NC(=O)NC1O. The first-order chi connectivity index (χ1) is 6.50. The number of nitrogens with one attached hydrogen (secondary N) is 3. The summed E-state index contributed by atoms with van der Waals surface area (Å²) in [6.07, 6.45) is -1.57. The molecule has 0 aromatic heterocycles. The Hall–Kier alpha value is -2.16. The number of primary amides is 1. The smallest absolute Gasteiger partial charge is 0.332 e. The van der Waals surface area contributed by atoms with Gasteiger partial charge in [0.05, 0.1) is 0 Å². The van der Waals surface area contributed by atoms with Crippen LogP contribution >= 0.6 is 0 Å². The second kappa shape index (κ2) is 3.70. The van der Waals surface area contributed by atoms with Crippen LogP contribution in [0.1, 0.15) is 0 Å². The number of carbonyl (C=O) groups excluding carboxylic acids is 3. The van der Waals surface area contributed by atoms with E-state index in [0.717, 1.165) is 0 Å². The number of hydrazone groups is 1. The molecule has 1 heterocycles. The number of imide groups is 1. The summed E-state index contributed by atoms with van der Waals surface area (Å²) < 4.78 is 0. The number of aliphatic hydroxyl groups is 1. The van der Waals surface area contributed by atoms with E-state index in [2.05, 4.69) is 10.8 Å². The zero-order valence-electron chi connectivity index (χ0n) is 6.77. The van der Waals surface area contributed by atoms with Crippen LogP contribution in [0.25, 0.3) is 0 Å². The normalized spacial score (nSPS) is 24.1. The van der Waals surface area contributed by atoms with Crippen molar-refractivity contribution in [1.29, 1.82) is 0 Å². The maximum absolute atomic E-state index is 11.0. The van der Waals surface area contributed by atoms with E-state index in [-0.39, 0.29) is 0 Å². The van der Waals surface area contributed by atoms with Gasteiger partial charge in [-0.1, -0.05) is 0 Å². The highest BCUT2D eigenvalue weighted by atomic mass is 16.3. The van der Waals surface area contributed by atoms with Gasteiger partial charge in [-0.05, 0) is 0 Å². The largest absolute Gasteiger partial charge is 0.368 e. The molecule has 76 valence electrons. The summed E-state index contributed by atoms with van der Waals surface area (Å²) in [7, 11) is 0. The van der Waals surface area contributed by atoms with Crippen molar-refractivity contribution >= 4 is 23.7 Å². The molecule has 1 saturated heterocycles. The van der Waals surface area contributed by atoms with E-state index in [1.54, 1.807) is 5.43 Å². The van der Waals surface area contributed by atoms with Gasteiger partial charge < -0.3 is 16.2 Å². The van der Waals surface area contributed by atoms with Crippen LogP contribution in [0.4, 0.5) is 9.59 Å². The third-order valence-electron chi connectivity index (χ3n) is 1.27. The minimum atomic E-state index is -1.57. The lowest BCUT2D eigenvalue weighted by Crippen LogP contribution is -2.59. The molecular weight excluding hydrogens is 194 g/mol. The van der Waals surface area contributed by atoms with Crippen molar-refractivity contribution in [1.82, 2.24) is 16.1 Å². The highest BCUT2D eigenvalue weighted by Crippen LogP contribution is 1.91. The first-order valence-electron chi connectivity index (χ1n) is 3.43. The quantitative estimate of drug-likeness (QED) is 0.291. The van der Waals surface area contributed by atoms with Crippen LogP contribution in [0.3, 0.4) is 0 Å². The maximum atomic E-state index is 11.0. The van der Waals surface area contributed by atoms with Gasteiger partial charge >= 0.3 is 12.1 Å². The van der Waals surface area contributed by atoms with Gasteiger partial charge in [0.2, 0.25) is 0 Å². The topological polar surface area (TPSA) is 146 Å². The summed E-state index contributed by atoms with van der Waals surface area (Å²) in [6.45, 7) is 0. The molecule has 0 spiro atoms. The van der Waals surface area contributed by atoms with E-state index in [4.69, 9.17) is 5.11 Å². The van der Waals surface area contributed by atoms with Crippen LogP contribution in [-0.2, 0) is 4.79 Å². The lowest BCUT2D eigenvalue weighted by molar-refractivity contribution is -0.114. The number of amides is 5. The zero-order chi connectivity index (χ0) is 10.7. The van der Waals surface area contributed by atoms with Crippen LogP contribution in [-0.4, -0.2) is 35.0 Å². The zero-order valence-corrected chi connectivity index (χ0v) is 6.77. The molecule has 1 unspecified atom stereocenters. The van der Waals surface area contributed by atoms with Crippen LogP contribution in [0, 0.1) is 0 Å². The van der Waals surface area contributed by atoms with Gasteiger partial charge in [-0.25, -0.2) is 15.0 Å². The van der Waals surface area contributed by atoms with Crippen molar-refractivity contribution in [3.05, 3.63) is 0 Å². The molecule has 1 rings (SSSR count). The lowest BCUT2D eigenvalue weighted by atomic mass is 10.3. The number of nitrogens with zero attached hydrogens (tertiary/aromatic N) is 1. The molecule has 5 amide bonds. The minimum Gasteiger partial charge on any atom is -0.368 e. The summed E-state index contributed by atoms with van der Waals surface area (Å²) in [4.78, 5) is 31.8. The Balaban J connectivity index is 2.76. The fourth-order valence-corrected chi connectivity index (χ4v) is 0.747. The predicted octanol–water partition coefficient (Wildman–Crippen LogP) is -2.83. The predicted molar refractivity (Wildman–Crippen MR) is 42.8 cm³/mol. The first kappa shape index (κ1) is 9.92. The molecular formula is C5H7N5O4. The van der Waals surface area contributed by atoms with Crippen LogP contribution in [0.5, 0.6) is 0 Å². The van der Waals surface area contributed by atoms with Crippen molar-refractivity contribution in [3.8, 4) is 0 Å². The number of hydrogen-bond acceptors (Lipinski definition) is 5. The van der Waals surface area contributed by atoms with E-state index in [0.29, 0.717) is 0 Å². The third-order valence-corrected chi connectivity index (χ3v) is 1.27. The van der Waals surface area contributed by atoms with Gasteiger partial charge in [-0.2, -0.15) is 5.10 Å². The Morgan fingerprint density at radius 1 is 1.57 bits per heavy atom. The van der Waals surface area contributed by atoms with Gasteiger partial charge in [0.25, 0.3) is 5.91 Å². The summed E-state index contributed by atoms with van der Waals surface area (Å²) in [5.41, 5.74) is 5.96. The van der Waals surface area contributed by atoms with Crippen molar-refractivity contribution in [2.24, 2.45) is 10.8 Å². The number of aliphatic hydroxyl groups excluding tert-OH is 1. The molecule has 1 aliphatic rings. The number of carbonyl (C=O) groups is 3. The summed E-state index contributed by atoms with van der Waals surface area (Å²) in [5, 5.41) is 16.1. The van der Waals surface area contributed by atoms with E-state index >= 15 is 0 Å². The van der Waals surface area contributed by atoms with Gasteiger partial charge in [-0.3, -0.25) is 10.1 Å². The molecule has 1 atom stereocenters. The van der Waals surface area contributed by atoms with E-state index < -0.39 is 29.9 Å². The summed E-state index contributed by atoms with van der Waals surface area (Å²) in [5.74, 6) is -0.907. The Morgan fingerprint density at radius 3 is 2.71 bits per heavy atom. The number of urea groups is 2. The molecule has 0 aliphatic carbocycles. The number of hydrogen-bond donors (Lipinski definition) is 5. The van der Waals surface area contributed by atoms with Gasteiger partial charge in [-0.15, -0.1) is 0 Å². The Kier molecular flexibility index (Phi) is 2.62. The molecule has 0 bridgehead atoms. The molecule has 9 nitrogen and oxygen atoms in total. The van der Waals surface area contributed by atoms with Crippen molar-refractivity contribution in [3.63, 3.8) is 0 Å². The molecule has 0 aromatic rings. The van der Waals surface area contributed by atoms with Crippen molar-refractivity contribution in [2.45, 2.75) is 6.23 Å². The molecule has 0 radical (unpaired) electrons. The van der Waals surface area contributed by atoms with Crippen LogP contribution in [0.15, 0.2) is 5.10 Å². The second-order valence-corrected chi connectivity index (χ2v) is 2.30. The van der Waals surface area contributed by atoms with Gasteiger partial charge in [0.15, 0.2) is 11.9 Å². The van der Waals surface area contributed by atoms with Crippen molar-refractivity contribution in [2.75, 3.05) is 0 Å². The average molecular weight is 201 g/mol. The molecule has 9 heteroatoms. The fraction of sp³-hybridized carbons (Fsp3) is 0.200. The van der Waals surface area contributed by atoms with Crippen LogP contribution < -0.4 is 21.8 Å². The van der Waals surface area contributed by atoms with Gasteiger partial charge in [0.1, 0.15) is 0 Å². The Labute approximate surface area is 77.3 Å². The molecule has 6 N–H and O–H groups in total. The molecule has 0 aromatic carbocycles. The summed E-state index contributed by atoms with van der Waals surface area (Å²) >= 11 is 0. The molecule has 14 heavy (non-hydrogen) atoms. The minimum absolute atomic E-state index is 0.455. The van der Waals surface area contributed by atoms with Crippen molar-refractivity contribution < 1.29 is 19.5 Å². The maximum Gasteiger partial charge on any atom is 0.332 e. The van der Waals surface area contributed by atoms with Crippen LogP contribution in [0.2, 0.25) is 0 Å². The fourth-order valence-electron chi connectivity index (χ4n) is 0.747. The highest BCUT2D eigenvalue weighted by molar-refractivity contribution is 6.44. The third kappa shape index (κ3) is 2.17. The molecule has 0 saturated carbocycles.